The van der Waals surface area contributed by atoms with Crippen LogP contribution in [-0.2, 0) is 16.6 Å². The maximum atomic E-state index is 12.2. The van der Waals surface area contributed by atoms with Crippen molar-refractivity contribution in [3.8, 4) is 5.75 Å². The predicted molar refractivity (Wildman–Crippen MR) is 67.7 cm³/mol. The molecule has 1 aromatic carbocycles. The standard InChI is InChI=1S/C14H16F3NO2/c1-9(19)13(2)8-18-6-5-10-7-11(3-4-12(10)13)20-14(15,16)17/h3-4,7,18H,5-6,8H2,1-2H3. The lowest BCUT2D eigenvalue weighted by molar-refractivity contribution is -0.274. The molecule has 1 aromatic rings. The third-order valence-electron chi connectivity index (χ3n) is 3.73. The summed E-state index contributed by atoms with van der Waals surface area (Å²) in [5.41, 5.74) is 0.766. The fraction of sp³-hybridized carbons (Fsp3) is 0.500. The van der Waals surface area contributed by atoms with Crippen LogP contribution in [0.25, 0.3) is 0 Å². The molecular formula is C14H16F3NO2. The Bertz CT molecular complexity index is 528. The Balaban J connectivity index is 2.43. The van der Waals surface area contributed by atoms with Crippen LogP contribution in [0.3, 0.4) is 0 Å². The Labute approximate surface area is 115 Å². The molecular weight excluding hydrogens is 271 g/mol. The molecule has 0 fully saturated rings. The van der Waals surface area contributed by atoms with Crippen molar-refractivity contribution in [1.29, 1.82) is 0 Å². The molecule has 0 saturated heterocycles. The molecule has 3 nitrogen and oxygen atoms in total. The van der Waals surface area contributed by atoms with E-state index < -0.39 is 11.8 Å². The van der Waals surface area contributed by atoms with E-state index >= 15 is 0 Å². The van der Waals surface area contributed by atoms with Crippen molar-refractivity contribution < 1.29 is 22.7 Å². The molecule has 20 heavy (non-hydrogen) atoms. The molecule has 1 N–H and O–H groups in total. The molecule has 0 bridgehead atoms. The summed E-state index contributed by atoms with van der Waals surface area (Å²) in [5.74, 6) is -0.262. The molecule has 0 saturated carbocycles. The van der Waals surface area contributed by atoms with E-state index in [4.69, 9.17) is 0 Å². The summed E-state index contributed by atoms with van der Waals surface area (Å²) < 4.78 is 40.7. The van der Waals surface area contributed by atoms with E-state index in [0.29, 0.717) is 19.5 Å². The van der Waals surface area contributed by atoms with Crippen molar-refractivity contribution in [1.82, 2.24) is 5.32 Å². The van der Waals surface area contributed by atoms with E-state index in [1.165, 1.54) is 19.1 Å². The third-order valence-corrected chi connectivity index (χ3v) is 3.73. The molecule has 0 amide bonds. The first-order chi connectivity index (χ1) is 9.22. The Kier molecular flexibility index (Phi) is 3.77. The molecule has 0 aromatic heterocycles. The highest BCUT2D eigenvalue weighted by molar-refractivity contribution is 5.88. The summed E-state index contributed by atoms with van der Waals surface area (Å²) in [4.78, 5) is 11.9. The fourth-order valence-electron chi connectivity index (χ4n) is 2.48. The van der Waals surface area contributed by atoms with Gasteiger partial charge in [0.25, 0.3) is 0 Å². The number of benzene rings is 1. The maximum absolute atomic E-state index is 12.2. The van der Waals surface area contributed by atoms with Crippen molar-refractivity contribution in [2.45, 2.75) is 32.0 Å². The number of halogens is 3. The lowest BCUT2D eigenvalue weighted by Crippen LogP contribution is -2.40. The molecule has 1 aliphatic rings. The first-order valence-electron chi connectivity index (χ1n) is 6.33. The first-order valence-corrected chi connectivity index (χ1v) is 6.33. The molecule has 0 aliphatic carbocycles. The Morgan fingerprint density at radius 1 is 1.40 bits per heavy atom. The summed E-state index contributed by atoms with van der Waals surface area (Å²) in [6, 6.07) is 4.20. The van der Waals surface area contributed by atoms with Crippen LogP contribution in [0.2, 0.25) is 0 Å². The van der Waals surface area contributed by atoms with Crippen molar-refractivity contribution in [3.63, 3.8) is 0 Å². The minimum atomic E-state index is -4.71. The fourth-order valence-corrected chi connectivity index (χ4v) is 2.48. The number of Topliss-reactive ketones (excluding diaryl/α,β-unsaturated/α-hetero) is 1. The minimum Gasteiger partial charge on any atom is -0.406 e. The van der Waals surface area contributed by atoms with Gasteiger partial charge in [-0.15, -0.1) is 13.2 Å². The van der Waals surface area contributed by atoms with Gasteiger partial charge in [0.05, 0.1) is 5.41 Å². The molecule has 1 heterocycles. The average Bonchev–Trinajstić information content (AvgIpc) is 2.47. The number of nitrogens with one attached hydrogen (secondary N) is 1. The summed E-state index contributed by atoms with van der Waals surface area (Å²) in [6.07, 6.45) is -4.14. The van der Waals surface area contributed by atoms with Gasteiger partial charge in [-0.1, -0.05) is 6.07 Å². The number of rotatable bonds is 2. The number of alkyl halides is 3. The summed E-state index contributed by atoms with van der Waals surface area (Å²) in [6.45, 7) is 4.40. The van der Waals surface area contributed by atoms with Crippen LogP contribution in [0.5, 0.6) is 5.75 Å². The van der Waals surface area contributed by atoms with Crippen molar-refractivity contribution in [2.24, 2.45) is 0 Å². The van der Waals surface area contributed by atoms with Gasteiger partial charge in [0.15, 0.2) is 0 Å². The minimum absolute atomic E-state index is 0.0161. The second-order valence-electron chi connectivity index (χ2n) is 5.18. The SMILES string of the molecule is CC(=O)C1(C)CNCCc2cc(OC(F)(F)F)ccc21. The lowest BCUT2D eigenvalue weighted by atomic mass is 9.77. The molecule has 0 radical (unpaired) electrons. The topological polar surface area (TPSA) is 38.3 Å². The Hall–Kier alpha value is -1.56. The van der Waals surface area contributed by atoms with Gasteiger partial charge >= 0.3 is 6.36 Å². The van der Waals surface area contributed by atoms with Crippen LogP contribution in [0.15, 0.2) is 18.2 Å². The number of ether oxygens (including phenoxy) is 1. The van der Waals surface area contributed by atoms with Crippen molar-refractivity contribution in [2.75, 3.05) is 13.1 Å². The third kappa shape index (κ3) is 2.95. The van der Waals surface area contributed by atoms with Crippen molar-refractivity contribution in [3.05, 3.63) is 29.3 Å². The zero-order chi connectivity index (χ0) is 15.0. The molecule has 0 spiro atoms. The number of carbonyl (C=O) groups is 1. The Morgan fingerprint density at radius 2 is 2.10 bits per heavy atom. The van der Waals surface area contributed by atoms with E-state index in [1.807, 2.05) is 0 Å². The average molecular weight is 287 g/mol. The van der Waals surface area contributed by atoms with Crippen molar-refractivity contribution >= 4 is 5.78 Å². The largest absolute Gasteiger partial charge is 0.573 e. The van der Waals surface area contributed by atoms with Gasteiger partial charge in [-0.2, -0.15) is 0 Å². The zero-order valence-corrected chi connectivity index (χ0v) is 11.3. The summed E-state index contributed by atoms with van der Waals surface area (Å²) in [7, 11) is 0. The molecule has 6 heteroatoms. The Morgan fingerprint density at radius 3 is 2.70 bits per heavy atom. The number of fused-ring (bicyclic) bond motifs is 1. The number of hydrogen-bond donors (Lipinski definition) is 1. The normalized spacial score (nSPS) is 22.9. The summed E-state index contributed by atoms with van der Waals surface area (Å²) in [5, 5.41) is 3.15. The highest BCUT2D eigenvalue weighted by Gasteiger charge is 2.36. The number of ketones is 1. The second kappa shape index (κ2) is 5.09. The molecule has 1 atom stereocenters. The highest BCUT2D eigenvalue weighted by Crippen LogP contribution is 2.33. The van der Waals surface area contributed by atoms with Gasteiger partial charge in [-0.05, 0) is 50.1 Å². The quantitative estimate of drug-likeness (QED) is 0.908. The van der Waals surface area contributed by atoms with Gasteiger partial charge < -0.3 is 10.1 Å². The monoisotopic (exact) mass is 287 g/mol. The smallest absolute Gasteiger partial charge is 0.406 e. The maximum Gasteiger partial charge on any atom is 0.573 e. The van der Waals surface area contributed by atoms with Crippen LogP contribution in [0.1, 0.15) is 25.0 Å². The molecule has 110 valence electrons. The summed E-state index contributed by atoms with van der Waals surface area (Å²) >= 11 is 0. The molecule has 2 rings (SSSR count). The van der Waals surface area contributed by atoms with Crippen LogP contribution < -0.4 is 10.1 Å². The van der Waals surface area contributed by atoms with E-state index in [2.05, 4.69) is 10.1 Å². The van der Waals surface area contributed by atoms with Crippen LogP contribution in [-0.4, -0.2) is 25.2 Å². The van der Waals surface area contributed by atoms with E-state index in [9.17, 15) is 18.0 Å². The molecule has 1 aliphatic heterocycles. The van der Waals surface area contributed by atoms with Gasteiger partial charge in [0.1, 0.15) is 11.5 Å². The zero-order valence-electron chi connectivity index (χ0n) is 11.3. The van der Waals surface area contributed by atoms with Gasteiger partial charge in [0.2, 0.25) is 0 Å². The van der Waals surface area contributed by atoms with Gasteiger partial charge in [-0.25, -0.2) is 0 Å². The van der Waals surface area contributed by atoms with Crippen LogP contribution in [0.4, 0.5) is 13.2 Å². The van der Waals surface area contributed by atoms with Crippen LogP contribution in [0, 0.1) is 0 Å². The lowest BCUT2D eigenvalue weighted by Gasteiger charge is -2.27. The van der Waals surface area contributed by atoms with E-state index in [0.717, 1.165) is 11.1 Å². The van der Waals surface area contributed by atoms with E-state index in [1.54, 1.807) is 13.0 Å². The second-order valence-corrected chi connectivity index (χ2v) is 5.18. The molecule has 1 unspecified atom stereocenters. The highest BCUT2D eigenvalue weighted by atomic mass is 19.4. The van der Waals surface area contributed by atoms with Gasteiger partial charge in [-0.3, -0.25) is 4.79 Å². The number of hydrogen-bond acceptors (Lipinski definition) is 3. The van der Waals surface area contributed by atoms with Crippen LogP contribution >= 0.6 is 0 Å². The number of carbonyl (C=O) groups excluding carboxylic acids is 1. The van der Waals surface area contributed by atoms with E-state index in [-0.39, 0.29) is 11.5 Å². The predicted octanol–water partition coefficient (Wildman–Crippen LogP) is 2.58. The van der Waals surface area contributed by atoms with Gasteiger partial charge in [0, 0.05) is 6.54 Å². The first kappa shape index (κ1) is 14.8.